The zero-order valence-corrected chi connectivity index (χ0v) is 10.8. The second-order valence-electron chi connectivity index (χ2n) is 4.64. The molecule has 4 nitrogen and oxygen atoms in total. The third-order valence-corrected chi connectivity index (χ3v) is 3.42. The molecule has 17 heavy (non-hydrogen) atoms. The summed E-state index contributed by atoms with van der Waals surface area (Å²) < 4.78 is 0. The van der Waals surface area contributed by atoms with Gasteiger partial charge in [0.1, 0.15) is 11.6 Å². The predicted molar refractivity (Wildman–Crippen MR) is 71.5 cm³/mol. The SMILES string of the molecule is CCCC1CCCCN1c1cncc(NC)n1. The summed E-state index contributed by atoms with van der Waals surface area (Å²) in [5, 5.41) is 3.05. The summed E-state index contributed by atoms with van der Waals surface area (Å²) in [6.07, 6.45) is 10.0. The molecule has 0 bridgehead atoms. The number of rotatable bonds is 4. The number of aromatic nitrogens is 2. The third-order valence-electron chi connectivity index (χ3n) is 3.42. The summed E-state index contributed by atoms with van der Waals surface area (Å²) in [6, 6.07) is 0.648. The minimum Gasteiger partial charge on any atom is -0.372 e. The second-order valence-corrected chi connectivity index (χ2v) is 4.64. The zero-order valence-electron chi connectivity index (χ0n) is 10.8. The van der Waals surface area contributed by atoms with Gasteiger partial charge in [-0.25, -0.2) is 4.98 Å². The van der Waals surface area contributed by atoms with Crippen molar-refractivity contribution in [2.75, 3.05) is 23.8 Å². The molecule has 1 N–H and O–H groups in total. The molecule has 4 heteroatoms. The van der Waals surface area contributed by atoms with E-state index in [-0.39, 0.29) is 0 Å². The van der Waals surface area contributed by atoms with E-state index in [1.165, 1.54) is 32.1 Å². The Bertz CT molecular complexity index is 351. The van der Waals surface area contributed by atoms with Gasteiger partial charge in [-0.3, -0.25) is 4.98 Å². The van der Waals surface area contributed by atoms with Gasteiger partial charge < -0.3 is 10.2 Å². The fourth-order valence-electron chi connectivity index (χ4n) is 2.55. The first-order valence-corrected chi connectivity index (χ1v) is 6.61. The Morgan fingerprint density at radius 1 is 1.41 bits per heavy atom. The van der Waals surface area contributed by atoms with Crippen molar-refractivity contribution in [2.24, 2.45) is 0 Å². The van der Waals surface area contributed by atoms with Crippen molar-refractivity contribution in [2.45, 2.75) is 45.1 Å². The van der Waals surface area contributed by atoms with E-state index < -0.39 is 0 Å². The van der Waals surface area contributed by atoms with E-state index in [4.69, 9.17) is 0 Å². The smallest absolute Gasteiger partial charge is 0.149 e. The maximum Gasteiger partial charge on any atom is 0.149 e. The van der Waals surface area contributed by atoms with E-state index in [0.717, 1.165) is 18.2 Å². The lowest BCUT2D eigenvalue weighted by molar-refractivity contribution is 0.431. The molecule has 1 aliphatic rings. The van der Waals surface area contributed by atoms with Crippen LogP contribution in [0.1, 0.15) is 39.0 Å². The molecule has 0 amide bonds. The van der Waals surface area contributed by atoms with Crippen molar-refractivity contribution in [1.82, 2.24) is 9.97 Å². The fourth-order valence-corrected chi connectivity index (χ4v) is 2.55. The van der Waals surface area contributed by atoms with E-state index in [1.54, 1.807) is 6.20 Å². The van der Waals surface area contributed by atoms with Crippen LogP contribution in [0.2, 0.25) is 0 Å². The number of hydrogen-bond acceptors (Lipinski definition) is 4. The molecule has 0 radical (unpaired) electrons. The number of nitrogens with zero attached hydrogens (tertiary/aromatic N) is 3. The first-order chi connectivity index (χ1) is 8.35. The highest BCUT2D eigenvalue weighted by Gasteiger charge is 2.22. The van der Waals surface area contributed by atoms with Crippen molar-refractivity contribution in [3.8, 4) is 0 Å². The Morgan fingerprint density at radius 2 is 2.29 bits per heavy atom. The van der Waals surface area contributed by atoms with Crippen molar-refractivity contribution in [3.05, 3.63) is 12.4 Å². The summed E-state index contributed by atoms with van der Waals surface area (Å²) >= 11 is 0. The van der Waals surface area contributed by atoms with Crippen LogP contribution >= 0.6 is 0 Å². The summed E-state index contributed by atoms with van der Waals surface area (Å²) in [7, 11) is 1.88. The molecule has 1 saturated heterocycles. The van der Waals surface area contributed by atoms with Gasteiger partial charge in [-0.05, 0) is 25.7 Å². The average Bonchev–Trinajstić information content (AvgIpc) is 2.40. The molecule has 0 spiro atoms. The summed E-state index contributed by atoms with van der Waals surface area (Å²) in [4.78, 5) is 11.3. The Balaban J connectivity index is 2.16. The van der Waals surface area contributed by atoms with Gasteiger partial charge in [0.15, 0.2) is 0 Å². The van der Waals surface area contributed by atoms with Crippen LogP contribution in [-0.4, -0.2) is 29.6 Å². The molecule has 2 rings (SSSR count). The van der Waals surface area contributed by atoms with Crippen LogP contribution in [-0.2, 0) is 0 Å². The Labute approximate surface area is 103 Å². The van der Waals surface area contributed by atoms with Crippen molar-refractivity contribution in [3.63, 3.8) is 0 Å². The van der Waals surface area contributed by atoms with E-state index in [2.05, 4.69) is 27.1 Å². The van der Waals surface area contributed by atoms with Crippen LogP contribution in [0.4, 0.5) is 11.6 Å². The largest absolute Gasteiger partial charge is 0.372 e. The number of anilines is 2. The number of piperidine rings is 1. The van der Waals surface area contributed by atoms with E-state index in [0.29, 0.717) is 6.04 Å². The molecular weight excluding hydrogens is 212 g/mol. The van der Waals surface area contributed by atoms with Crippen LogP contribution in [0.5, 0.6) is 0 Å². The standard InChI is InChI=1S/C13H22N4/c1-3-6-11-7-4-5-8-17(11)13-10-15-9-12(14-2)16-13/h9-11H,3-8H2,1-2H3,(H,14,16). The molecule has 1 fully saturated rings. The molecular formula is C13H22N4. The van der Waals surface area contributed by atoms with Gasteiger partial charge in [-0.1, -0.05) is 13.3 Å². The van der Waals surface area contributed by atoms with Gasteiger partial charge >= 0.3 is 0 Å². The average molecular weight is 234 g/mol. The molecule has 0 saturated carbocycles. The Hall–Kier alpha value is -1.32. The van der Waals surface area contributed by atoms with Crippen LogP contribution in [0, 0.1) is 0 Å². The van der Waals surface area contributed by atoms with Gasteiger partial charge in [0, 0.05) is 19.6 Å². The molecule has 94 valence electrons. The molecule has 0 aliphatic carbocycles. The fraction of sp³-hybridized carbons (Fsp3) is 0.692. The van der Waals surface area contributed by atoms with Gasteiger partial charge in [-0.2, -0.15) is 0 Å². The molecule has 1 unspecified atom stereocenters. The van der Waals surface area contributed by atoms with Crippen molar-refractivity contribution < 1.29 is 0 Å². The lowest BCUT2D eigenvalue weighted by atomic mass is 9.98. The van der Waals surface area contributed by atoms with Crippen LogP contribution in [0.3, 0.4) is 0 Å². The normalized spacial score (nSPS) is 20.4. The first kappa shape index (κ1) is 12.1. The van der Waals surface area contributed by atoms with E-state index in [9.17, 15) is 0 Å². The molecule has 1 atom stereocenters. The first-order valence-electron chi connectivity index (χ1n) is 6.61. The molecule has 0 aromatic carbocycles. The maximum absolute atomic E-state index is 4.60. The quantitative estimate of drug-likeness (QED) is 0.869. The second kappa shape index (κ2) is 5.84. The lowest BCUT2D eigenvalue weighted by Gasteiger charge is -2.36. The highest BCUT2D eigenvalue weighted by atomic mass is 15.2. The van der Waals surface area contributed by atoms with E-state index >= 15 is 0 Å². The zero-order chi connectivity index (χ0) is 12.1. The van der Waals surface area contributed by atoms with Crippen molar-refractivity contribution in [1.29, 1.82) is 0 Å². The van der Waals surface area contributed by atoms with Gasteiger partial charge in [-0.15, -0.1) is 0 Å². The monoisotopic (exact) mass is 234 g/mol. The summed E-state index contributed by atoms with van der Waals surface area (Å²) in [5.41, 5.74) is 0. The molecule has 1 aromatic heterocycles. The minimum atomic E-state index is 0.648. The lowest BCUT2D eigenvalue weighted by Crippen LogP contribution is -2.40. The molecule has 1 aliphatic heterocycles. The Kier molecular flexibility index (Phi) is 4.18. The van der Waals surface area contributed by atoms with Gasteiger partial charge in [0.25, 0.3) is 0 Å². The number of hydrogen-bond donors (Lipinski definition) is 1. The van der Waals surface area contributed by atoms with Crippen molar-refractivity contribution >= 4 is 11.6 Å². The van der Waals surface area contributed by atoms with Crippen LogP contribution in [0.25, 0.3) is 0 Å². The molecule has 1 aromatic rings. The number of nitrogens with one attached hydrogen (secondary N) is 1. The predicted octanol–water partition coefficient (Wildman–Crippen LogP) is 2.68. The third kappa shape index (κ3) is 2.87. The highest BCUT2D eigenvalue weighted by molar-refractivity contribution is 5.44. The topological polar surface area (TPSA) is 41.1 Å². The highest BCUT2D eigenvalue weighted by Crippen LogP contribution is 2.25. The summed E-state index contributed by atoms with van der Waals surface area (Å²) in [5.74, 6) is 1.87. The minimum absolute atomic E-state index is 0.648. The Morgan fingerprint density at radius 3 is 3.06 bits per heavy atom. The maximum atomic E-state index is 4.60. The van der Waals surface area contributed by atoms with Crippen LogP contribution in [0.15, 0.2) is 12.4 Å². The van der Waals surface area contributed by atoms with Gasteiger partial charge in [0.2, 0.25) is 0 Å². The van der Waals surface area contributed by atoms with Crippen LogP contribution < -0.4 is 10.2 Å². The van der Waals surface area contributed by atoms with E-state index in [1.807, 2.05) is 13.2 Å². The summed E-state index contributed by atoms with van der Waals surface area (Å²) in [6.45, 7) is 3.37. The van der Waals surface area contributed by atoms with Gasteiger partial charge in [0.05, 0.1) is 12.4 Å². The molecule has 2 heterocycles.